The minimum absolute atomic E-state index is 0.855. The summed E-state index contributed by atoms with van der Waals surface area (Å²) in [6.45, 7) is 6.96. The van der Waals surface area contributed by atoms with Gasteiger partial charge in [0.2, 0.25) is 0 Å². The van der Waals surface area contributed by atoms with Crippen molar-refractivity contribution in [2.45, 2.75) is 40.0 Å². The summed E-state index contributed by atoms with van der Waals surface area (Å²) in [6.07, 6.45) is 6.42. The van der Waals surface area contributed by atoms with Gasteiger partial charge in [0, 0.05) is 0 Å². The van der Waals surface area contributed by atoms with E-state index in [9.17, 15) is 0 Å². The summed E-state index contributed by atoms with van der Waals surface area (Å²) < 4.78 is 0. The van der Waals surface area contributed by atoms with Crippen LogP contribution < -0.4 is 0 Å². The van der Waals surface area contributed by atoms with Crippen LogP contribution in [-0.2, 0) is 0 Å². The van der Waals surface area contributed by atoms with E-state index in [1.54, 1.807) is 5.57 Å². The molecule has 0 spiro atoms. The molecule has 2 unspecified atom stereocenters. The van der Waals surface area contributed by atoms with Crippen LogP contribution >= 0.6 is 0 Å². The van der Waals surface area contributed by atoms with Gasteiger partial charge < -0.3 is 0 Å². The molecule has 0 nitrogen and oxygen atoms in total. The molecule has 0 N–H and O–H groups in total. The van der Waals surface area contributed by atoms with E-state index in [1.165, 1.54) is 19.3 Å². The van der Waals surface area contributed by atoms with Gasteiger partial charge in [0.05, 0.1) is 0 Å². The molecule has 0 aromatic rings. The third-order valence-electron chi connectivity index (χ3n) is 2.58. The Morgan fingerprint density at radius 1 is 1.50 bits per heavy atom. The SMILES string of the molecule is CCC1=CCC(C)CC1C. The average Bonchev–Trinajstić information content (AvgIpc) is 1.88. The third kappa shape index (κ3) is 1.62. The lowest BCUT2D eigenvalue weighted by molar-refractivity contribution is 0.423. The quantitative estimate of drug-likeness (QED) is 0.487. The number of rotatable bonds is 1. The van der Waals surface area contributed by atoms with Crippen molar-refractivity contribution >= 4 is 0 Å². The summed E-state index contributed by atoms with van der Waals surface area (Å²) in [7, 11) is 0. The molecule has 1 rings (SSSR count). The van der Waals surface area contributed by atoms with E-state index in [4.69, 9.17) is 0 Å². The van der Waals surface area contributed by atoms with Crippen LogP contribution in [0.2, 0.25) is 0 Å². The Labute approximate surface area is 64.3 Å². The molecule has 0 saturated carbocycles. The van der Waals surface area contributed by atoms with E-state index in [1.807, 2.05) is 0 Å². The molecule has 2 atom stereocenters. The highest BCUT2D eigenvalue weighted by Crippen LogP contribution is 2.29. The monoisotopic (exact) mass is 138 g/mol. The fraction of sp³-hybridized carbons (Fsp3) is 0.800. The molecule has 0 fully saturated rings. The number of allylic oxidation sites excluding steroid dienone is 2. The summed E-state index contributed by atoms with van der Waals surface area (Å²) in [5.41, 5.74) is 1.68. The van der Waals surface area contributed by atoms with Gasteiger partial charge in [0.25, 0.3) is 0 Å². The largest absolute Gasteiger partial charge is 0.0848 e. The van der Waals surface area contributed by atoms with Gasteiger partial charge in [-0.2, -0.15) is 0 Å². The lowest BCUT2D eigenvalue weighted by Gasteiger charge is -2.24. The first kappa shape index (κ1) is 7.84. The van der Waals surface area contributed by atoms with Crippen LogP contribution in [0.3, 0.4) is 0 Å². The van der Waals surface area contributed by atoms with Gasteiger partial charge in [-0.15, -0.1) is 0 Å². The fourth-order valence-corrected chi connectivity index (χ4v) is 1.90. The fourth-order valence-electron chi connectivity index (χ4n) is 1.90. The van der Waals surface area contributed by atoms with Crippen molar-refractivity contribution in [2.24, 2.45) is 11.8 Å². The zero-order valence-electron chi connectivity index (χ0n) is 7.35. The molecule has 0 heterocycles. The maximum Gasteiger partial charge on any atom is -0.0229 e. The van der Waals surface area contributed by atoms with Crippen molar-refractivity contribution in [1.29, 1.82) is 0 Å². The molecule has 0 heteroatoms. The third-order valence-corrected chi connectivity index (χ3v) is 2.58. The molecular weight excluding hydrogens is 120 g/mol. The molecule has 10 heavy (non-hydrogen) atoms. The van der Waals surface area contributed by atoms with Crippen LogP contribution in [0.5, 0.6) is 0 Å². The Hall–Kier alpha value is -0.260. The first-order chi connectivity index (χ1) is 4.74. The van der Waals surface area contributed by atoms with Crippen molar-refractivity contribution < 1.29 is 0 Å². The lowest BCUT2D eigenvalue weighted by atomic mass is 9.82. The highest BCUT2D eigenvalue weighted by molar-refractivity contribution is 5.08. The molecule has 58 valence electrons. The Morgan fingerprint density at radius 3 is 2.70 bits per heavy atom. The van der Waals surface area contributed by atoms with Crippen LogP contribution in [0.15, 0.2) is 11.6 Å². The second kappa shape index (κ2) is 3.23. The van der Waals surface area contributed by atoms with E-state index in [2.05, 4.69) is 26.8 Å². The van der Waals surface area contributed by atoms with Gasteiger partial charge in [-0.25, -0.2) is 0 Å². The molecule has 0 bridgehead atoms. The first-order valence-electron chi connectivity index (χ1n) is 4.43. The van der Waals surface area contributed by atoms with Crippen molar-refractivity contribution in [2.75, 3.05) is 0 Å². The maximum atomic E-state index is 2.44. The Kier molecular flexibility index (Phi) is 2.53. The highest BCUT2D eigenvalue weighted by atomic mass is 14.2. The summed E-state index contributed by atoms with van der Waals surface area (Å²) in [6, 6.07) is 0. The van der Waals surface area contributed by atoms with E-state index in [-0.39, 0.29) is 0 Å². The van der Waals surface area contributed by atoms with Gasteiger partial charge in [-0.3, -0.25) is 0 Å². The molecule has 1 aliphatic carbocycles. The van der Waals surface area contributed by atoms with Crippen molar-refractivity contribution in [3.8, 4) is 0 Å². The van der Waals surface area contributed by atoms with Crippen LogP contribution in [0.4, 0.5) is 0 Å². The normalized spacial score (nSPS) is 33.7. The van der Waals surface area contributed by atoms with Gasteiger partial charge in [0.1, 0.15) is 0 Å². The number of hydrogen-bond donors (Lipinski definition) is 0. The average molecular weight is 138 g/mol. The molecule has 0 amide bonds. The molecule has 0 aliphatic heterocycles. The van der Waals surface area contributed by atoms with E-state index in [0.717, 1.165) is 11.8 Å². The predicted octanol–water partition coefficient (Wildman–Crippen LogP) is 3.39. The smallest absolute Gasteiger partial charge is 0.0229 e. The van der Waals surface area contributed by atoms with Crippen LogP contribution in [0.1, 0.15) is 40.0 Å². The van der Waals surface area contributed by atoms with Gasteiger partial charge in [-0.1, -0.05) is 32.4 Å². The van der Waals surface area contributed by atoms with Gasteiger partial charge in [0.15, 0.2) is 0 Å². The minimum Gasteiger partial charge on any atom is -0.0848 e. The van der Waals surface area contributed by atoms with Crippen LogP contribution in [0.25, 0.3) is 0 Å². The molecule has 0 aromatic heterocycles. The van der Waals surface area contributed by atoms with Crippen molar-refractivity contribution in [3.05, 3.63) is 11.6 Å². The molecule has 0 radical (unpaired) electrons. The van der Waals surface area contributed by atoms with Crippen molar-refractivity contribution in [3.63, 3.8) is 0 Å². The molecule has 0 saturated heterocycles. The van der Waals surface area contributed by atoms with Crippen LogP contribution in [-0.4, -0.2) is 0 Å². The van der Waals surface area contributed by atoms with E-state index in [0.29, 0.717) is 0 Å². The van der Waals surface area contributed by atoms with Crippen molar-refractivity contribution in [1.82, 2.24) is 0 Å². The summed E-state index contributed by atoms with van der Waals surface area (Å²) in [5.74, 6) is 1.78. The Bertz CT molecular complexity index is 133. The maximum absolute atomic E-state index is 2.44. The molecule has 0 aromatic carbocycles. The minimum atomic E-state index is 0.855. The Morgan fingerprint density at radius 2 is 2.20 bits per heavy atom. The van der Waals surface area contributed by atoms with Gasteiger partial charge >= 0.3 is 0 Å². The highest BCUT2D eigenvalue weighted by Gasteiger charge is 2.15. The topological polar surface area (TPSA) is 0 Å². The summed E-state index contributed by atoms with van der Waals surface area (Å²) >= 11 is 0. The second-order valence-corrected chi connectivity index (χ2v) is 3.61. The summed E-state index contributed by atoms with van der Waals surface area (Å²) in [4.78, 5) is 0. The Balaban J connectivity index is 2.57. The molecular formula is C10H18. The van der Waals surface area contributed by atoms with E-state index >= 15 is 0 Å². The van der Waals surface area contributed by atoms with Crippen LogP contribution in [0, 0.1) is 11.8 Å². The number of hydrogen-bond acceptors (Lipinski definition) is 0. The second-order valence-electron chi connectivity index (χ2n) is 3.61. The zero-order chi connectivity index (χ0) is 7.56. The standard InChI is InChI=1S/C10H18/c1-4-10-6-5-8(2)7-9(10)3/h6,8-9H,4-5,7H2,1-3H3. The zero-order valence-corrected chi connectivity index (χ0v) is 7.35. The first-order valence-corrected chi connectivity index (χ1v) is 4.43. The lowest BCUT2D eigenvalue weighted by Crippen LogP contribution is -2.10. The van der Waals surface area contributed by atoms with Gasteiger partial charge in [-0.05, 0) is 31.1 Å². The summed E-state index contributed by atoms with van der Waals surface area (Å²) in [5, 5.41) is 0. The predicted molar refractivity (Wildman–Crippen MR) is 45.9 cm³/mol. The van der Waals surface area contributed by atoms with E-state index < -0.39 is 0 Å². The molecule has 1 aliphatic rings.